The smallest absolute Gasteiger partial charge is 0.276 e. The number of carbonyl (C=O) groups excluding carboxylic acids is 1. The maximum Gasteiger partial charge on any atom is 0.276 e. The molecular weight excluding hydrogens is 390 g/mol. The van der Waals surface area contributed by atoms with Crippen LogP contribution in [0.1, 0.15) is 41.1 Å². The number of fused-ring (bicyclic) bond motifs is 3. The van der Waals surface area contributed by atoms with Gasteiger partial charge in [0.2, 0.25) is 0 Å². The van der Waals surface area contributed by atoms with E-state index in [0.717, 1.165) is 41.8 Å². The zero-order valence-electron chi connectivity index (χ0n) is 17.1. The van der Waals surface area contributed by atoms with Crippen LogP contribution < -0.4 is 10.9 Å². The van der Waals surface area contributed by atoms with Crippen LogP contribution >= 0.6 is 0 Å². The molecule has 0 fully saturated rings. The number of anilines is 1. The third-order valence-corrected chi connectivity index (χ3v) is 5.64. The second kappa shape index (κ2) is 8.18. The van der Waals surface area contributed by atoms with E-state index in [0.29, 0.717) is 12.2 Å². The van der Waals surface area contributed by atoms with Crippen molar-refractivity contribution in [2.24, 2.45) is 0 Å². The van der Waals surface area contributed by atoms with Gasteiger partial charge in [-0.05, 0) is 42.7 Å². The number of hydrogen-bond acceptors (Lipinski definition) is 4. The van der Waals surface area contributed by atoms with Gasteiger partial charge in [0, 0.05) is 24.7 Å². The Bertz CT molecular complexity index is 1310. The first-order chi connectivity index (χ1) is 15.2. The third kappa shape index (κ3) is 3.99. The number of aromatic nitrogens is 4. The zero-order valence-corrected chi connectivity index (χ0v) is 17.1. The van der Waals surface area contributed by atoms with E-state index in [1.807, 2.05) is 48.5 Å². The van der Waals surface area contributed by atoms with Crippen molar-refractivity contribution in [2.45, 2.75) is 38.8 Å². The number of imidazole rings is 1. The molecule has 0 radical (unpaired) electrons. The molecule has 31 heavy (non-hydrogen) atoms. The van der Waals surface area contributed by atoms with Crippen molar-refractivity contribution in [2.75, 3.05) is 5.32 Å². The van der Waals surface area contributed by atoms with Crippen LogP contribution in [0.4, 0.5) is 5.69 Å². The van der Waals surface area contributed by atoms with Crippen molar-refractivity contribution in [3.8, 4) is 0 Å². The maximum absolute atomic E-state index is 12.8. The summed E-state index contributed by atoms with van der Waals surface area (Å²) in [6.07, 6.45) is 4.56. The highest BCUT2D eigenvalue weighted by molar-refractivity contribution is 6.03. The summed E-state index contributed by atoms with van der Waals surface area (Å²) in [4.78, 5) is 29.8. The van der Waals surface area contributed by atoms with E-state index >= 15 is 0 Å². The minimum absolute atomic E-state index is 0.191. The van der Waals surface area contributed by atoms with Crippen LogP contribution in [0.2, 0.25) is 0 Å². The molecule has 3 heterocycles. The average Bonchev–Trinajstić information content (AvgIpc) is 2.95. The molecule has 0 aliphatic carbocycles. The molecule has 7 nitrogen and oxygen atoms in total. The van der Waals surface area contributed by atoms with Gasteiger partial charge in [0.1, 0.15) is 11.5 Å². The Balaban J connectivity index is 1.38. The minimum atomic E-state index is -0.359. The lowest BCUT2D eigenvalue weighted by molar-refractivity contribution is 0.102. The number of aryl methyl sites for hydroxylation is 2. The summed E-state index contributed by atoms with van der Waals surface area (Å²) in [5, 5.41) is 7.15. The second-order valence-corrected chi connectivity index (χ2v) is 7.85. The van der Waals surface area contributed by atoms with Crippen LogP contribution in [0.3, 0.4) is 0 Å². The van der Waals surface area contributed by atoms with E-state index in [9.17, 15) is 9.59 Å². The van der Waals surface area contributed by atoms with Crippen molar-refractivity contribution < 1.29 is 4.79 Å². The van der Waals surface area contributed by atoms with Crippen LogP contribution in [0.25, 0.3) is 11.0 Å². The zero-order chi connectivity index (χ0) is 21.2. The van der Waals surface area contributed by atoms with Crippen molar-refractivity contribution in [1.29, 1.82) is 0 Å². The fourth-order valence-corrected chi connectivity index (χ4v) is 4.06. The molecule has 156 valence electrons. The van der Waals surface area contributed by atoms with Gasteiger partial charge in [-0.2, -0.15) is 5.10 Å². The van der Waals surface area contributed by atoms with Gasteiger partial charge < -0.3 is 9.88 Å². The fraction of sp³-hybridized carbons (Fsp3) is 0.250. The fourth-order valence-electron chi connectivity index (χ4n) is 4.06. The SMILES string of the molecule is O=C(Nc1ccc2c(c1)nc1n2CCCCC1)c1ccc(=O)n(Cc2ccccc2)n1. The highest BCUT2D eigenvalue weighted by atomic mass is 16.2. The Morgan fingerprint density at radius 1 is 1.00 bits per heavy atom. The van der Waals surface area contributed by atoms with Gasteiger partial charge in [0.05, 0.1) is 17.6 Å². The van der Waals surface area contributed by atoms with Crippen LogP contribution in [0.5, 0.6) is 0 Å². The Morgan fingerprint density at radius 2 is 1.87 bits per heavy atom. The Labute approximate surface area is 179 Å². The number of amides is 1. The van der Waals surface area contributed by atoms with E-state index in [-0.39, 0.29) is 17.2 Å². The van der Waals surface area contributed by atoms with Gasteiger partial charge in [-0.15, -0.1) is 0 Å². The molecule has 0 saturated carbocycles. The standard InChI is InChI=1S/C24H23N5O2/c30-23-13-11-19(27-29(23)16-17-7-3-1-4-8-17)24(31)25-18-10-12-21-20(15-18)26-22-9-5-2-6-14-28(21)22/h1,3-4,7-8,10-13,15H,2,5-6,9,14,16H2,(H,25,31). The summed E-state index contributed by atoms with van der Waals surface area (Å²) in [6.45, 7) is 1.30. The van der Waals surface area contributed by atoms with Gasteiger partial charge in [-0.3, -0.25) is 9.59 Å². The number of nitrogens with one attached hydrogen (secondary N) is 1. The van der Waals surface area contributed by atoms with E-state index in [1.165, 1.54) is 29.7 Å². The van der Waals surface area contributed by atoms with Gasteiger partial charge in [0.25, 0.3) is 11.5 Å². The van der Waals surface area contributed by atoms with Crippen LogP contribution in [-0.4, -0.2) is 25.2 Å². The molecule has 4 aromatic rings. The monoisotopic (exact) mass is 413 g/mol. The predicted octanol–water partition coefficient (Wildman–Crippen LogP) is 3.62. The molecular formula is C24H23N5O2. The minimum Gasteiger partial charge on any atom is -0.328 e. The highest BCUT2D eigenvalue weighted by Crippen LogP contribution is 2.24. The molecule has 0 unspecified atom stereocenters. The topological polar surface area (TPSA) is 81.8 Å². The Hall–Kier alpha value is -3.74. The summed E-state index contributed by atoms with van der Waals surface area (Å²) in [5.74, 6) is 0.757. The van der Waals surface area contributed by atoms with Gasteiger partial charge in [-0.1, -0.05) is 36.8 Å². The molecule has 2 aromatic carbocycles. The van der Waals surface area contributed by atoms with E-state index in [2.05, 4.69) is 15.0 Å². The molecule has 2 aromatic heterocycles. The lowest BCUT2D eigenvalue weighted by Gasteiger charge is -2.09. The summed E-state index contributed by atoms with van der Waals surface area (Å²) < 4.78 is 3.59. The average molecular weight is 413 g/mol. The quantitative estimate of drug-likeness (QED) is 0.554. The van der Waals surface area contributed by atoms with Gasteiger partial charge in [-0.25, -0.2) is 9.67 Å². The van der Waals surface area contributed by atoms with Gasteiger partial charge >= 0.3 is 0 Å². The molecule has 1 aliphatic heterocycles. The molecule has 1 N–H and O–H groups in total. The Morgan fingerprint density at radius 3 is 2.74 bits per heavy atom. The van der Waals surface area contributed by atoms with E-state index in [4.69, 9.17) is 4.98 Å². The lowest BCUT2D eigenvalue weighted by Crippen LogP contribution is -2.26. The van der Waals surface area contributed by atoms with Crippen molar-refractivity contribution in [3.05, 3.63) is 88.1 Å². The molecule has 0 bridgehead atoms. The second-order valence-electron chi connectivity index (χ2n) is 7.85. The van der Waals surface area contributed by atoms with Crippen LogP contribution in [0, 0.1) is 0 Å². The molecule has 0 spiro atoms. The number of carbonyl (C=O) groups is 1. The van der Waals surface area contributed by atoms with Gasteiger partial charge in [0.15, 0.2) is 0 Å². The Kier molecular flexibility index (Phi) is 5.08. The first-order valence-electron chi connectivity index (χ1n) is 10.6. The molecule has 0 atom stereocenters. The molecule has 0 saturated heterocycles. The van der Waals surface area contributed by atoms with E-state index in [1.54, 1.807) is 0 Å². The first kappa shape index (κ1) is 19.2. The number of nitrogens with zero attached hydrogens (tertiary/aromatic N) is 4. The largest absolute Gasteiger partial charge is 0.328 e. The molecule has 5 rings (SSSR count). The van der Waals surface area contributed by atoms with Crippen LogP contribution in [-0.2, 0) is 19.5 Å². The summed E-state index contributed by atoms with van der Waals surface area (Å²) in [5.41, 5.74) is 3.53. The number of rotatable bonds is 4. The van der Waals surface area contributed by atoms with Crippen molar-refractivity contribution >= 4 is 22.6 Å². The van der Waals surface area contributed by atoms with Crippen molar-refractivity contribution in [1.82, 2.24) is 19.3 Å². The van der Waals surface area contributed by atoms with Crippen LogP contribution in [0.15, 0.2) is 65.5 Å². The molecule has 7 heteroatoms. The summed E-state index contributed by atoms with van der Waals surface area (Å²) in [7, 11) is 0. The normalized spacial score (nSPS) is 13.5. The first-order valence-corrected chi connectivity index (χ1v) is 10.6. The summed E-state index contributed by atoms with van der Waals surface area (Å²) in [6, 6.07) is 18.2. The number of benzene rings is 2. The molecule has 1 amide bonds. The maximum atomic E-state index is 12.8. The van der Waals surface area contributed by atoms with E-state index < -0.39 is 0 Å². The third-order valence-electron chi connectivity index (χ3n) is 5.64. The highest BCUT2D eigenvalue weighted by Gasteiger charge is 2.15. The lowest BCUT2D eigenvalue weighted by atomic mass is 10.2. The van der Waals surface area contributed by atoms with Crippen molar-refractivity contribution in [3.63, 3.8) is 0 Å². The predicted molar refractivity (Wildman–Crippen MR) is 119 cm³/mol. The number of hydrogen-bond donors (Lipinski definition) is 1. The molecule has 1 aliphatic rings. The summed E-state index contributed by atoms with van der Waals surface area (Å²) >= 11 is 0.